The summed E-state index contributed by atoms with van der Waals surface area (Å²) in [5.74, 6) is 0. The van der Waals surface area contributed by atoms with Crippen LogP contribution in [0.5, 0.6) is 0 Å². The molecule has 0 amide bonds. The molecule has 0 radical (unpaired) electrons. The van der Waals surface area contributed by atoms with Gasteiger partial charge in [-0.05, 0) is 56.7 Å². The van der Waals surface area contributed by atoms with E-state index in [9.17, 15) is 0 Å². The molecule has 2 heterocycles. The van der Waals surface area contributed by atoms with Gasteiger partial charge in [0.25, 0.3) is 0 Å². The summed E-state index contributed by atoms with van der Waals surface area (Å²) in [5, 5.41) is 9.44. The number of aromatic nitrogens is 2. The van der Waals surface area contributed by atoms with Crippen molar-refractivity contribution in [2.75, 3.05) is 19.0 Å². The summed E-state index contributed by atoms with van der Waals surface area (Å²) < 4.78 is 7.17. The van der Waals surface area contributed by atoms with Crippen molar-refractivity contribution in [2.24, 2.45) is 0 Å². The molecule has 1 N–H and O–H groups in total. The van der Waals surface area contributed by atoms with Gasteiger partial charge in [-0.3, -0.25) is 0 Å². The Morgan fingerprint density at radius 2 is 1.96 bits per heavy atom. The number of nitrogens with zero attached hydrogens (tertiary/aromatic N) is 2. The van der Waals surface area contributed by atoms with Gasteiger partial charge < -0.3 is 10.1 Å². The normalized spacial score (nSPS) is 12.6. The second-order valence-corrected chi connectivity index (χ2v) is 7.14. The van der Waals surface area contributed by atoms with Crippen molar-refractivity contribution in [3.8, 4) is 11.3 Å². The van der Waals surface area contributed by atoms with Gasteiger partial charge in [0.1, 0.15) is 0 Å². The van der Waals surface area contributed by atoms with E-state index in [1.54, 1.807) is 13.2 Å². The van der Waals surface area contributed by atoms with Crippen LogP contribution in [0.4, 0.5) is 5.69 Å². The van der Waals surface area contributed by atoms with Gasteiger partial charge in [0.05, 0.1) is 34.2 Å². The molecule has 25 heavy (non-hydrogen) atoms. The molecule has 1 atom stereocenters. The lowest BCUT2D eigenvalue weighted by Gasteiger charge is -2.16. The minimum atomic E-state index is 0.188. The van der Waals surface area contributed by atoms with Crippen LogP contribution < -0.4 is 5.32 Å². The SMILES string of the molecule is COCC(C)Nc1cc(C)nn2c(-c3ccc(Cl)cc3Cl)c(C)cc12. The lowest BCUT2D eigenvalue weighted by Crippen LogP contribution is -2.21. The first-order valence-electron chi connectivity index (χ1n) is 8.11. The highest BCUT2D eigenvalue weighted by molar-refractivity contribution is 6.36. The lowest BCUT2D eigenvalue weighted by molar-refractivity contribution is 0.190. The van der Waals surface area contributed by atoms with Gasteiger partial charge in [0.15, 0.2) is 0 Å². The predicted octanol–water partition coefficient (Wildman–Crippen LogP) is 5.37. The molecular formula is C19H21Cl2N3O. The van der Waals surface area contributed by atoms with Crippen LogP contribution in [-0.2, 0) is 4.74 Å². The number of methoxy groups -OCH3 is 1. The zero-order valence-corrected chi connectivity index (χ0v) is 16.2. The molecule has 1 aromatic carbocycles. The van der Waals surface area contributed by atoms with E-state index in [2.05, 4.69) is 25.2 Å². The van der Waals surface area contributed by atoms with E-state index < -0.39 is 0 Å². The van der Waals surface area contributed by atoms with Gasteiger partial charge in [0.2, 0.25) is 0 Å². The molecule has 0 aliphatic rings. The van der Waals surface area contributed by atoms with Crippen molar-refractivity contribution in [3.63, 3.8) is 0 Å². The lowest BCUT2D eigenvalue weighted by atomic mass is 10.1. The van der Waals surface area contributed by atoms with E-state index in [-0.39, 0.29) is 6.04 Å². The summed E-state index contributed by atoms with van der Waals surface area (Å²) in [4.78, 5) is 0. The maximum Gasteiger partial charge on any atom is 0.0888 e. The minimum absolute atomic E-state index is 0.188. The van der Waals surface area contributed by atoms with Crippen LogP contribution >= 0.6 is 23.2 Å². The van der Waals surface area contributed by atoms with Crippen LogP contribution in [0.15, 0.2) is 30.3 Å². The first kappa shape index (κ1) is 18.1. The summed E-state index contributed by atoms with van der Waals surface area (Å²) in [6.07, 6.45) is 0. The first-order chi connectivity index (χ1) is 11.9. The summed E-state index contributed by atoms with van der Waals surface area (Å²) >= 11 is 12.5. The molecule has 4 nitrogen and oxygen atoms in total. The van der Waals surface area contributed by atoms with Gasteiger partial charge in [-0.15, -0.1) is 0 Å². The Hall–Kier alpha value is -1.75. The second-order valence-electron chi connectivity index (χ2n) is 6.30. The maximum absolute atomic E-state index is 6.44. The fraction of sp³-hybridized carbons (Fsp3) is 0.316. The fourth-order valence-corrected chi connectivity index (χ4v) is 3.57. The van der Waals surface area contributed by atoms with Gasteiger partial charge in [-0.25, -0.2) is 4.52 Å². The Balaban J connectivity index is 2.18. The Bertz CT molecular complexity index is 921. The molecule has 0 bridgehead atoms. The molecule has 0 saturated carbocycles. The molecule has 0 aliphatic carbocycles. The van der Waals surface area contributed by atoms with Crippen LogP contribution in [0.25, 0.3) is 16.8 Å². The molecule has 6 heteroatoms. The summed E-state index contributed by atoms with van der Waals surface area (Å²) in [6.45, 7) is 6.76. The Morgan fingerprint density at radius 1 is 1.20 bits per heavy atom. The maximum atomic E-state index is 6.44. The van der Waals surface area contributed by atoms with Crippen molar-refractivity contribution in [1.82, 2.24) is 9.61 Å². The van der Waals surface area contributed by atoms with Crippen LogP contribution in [0.3, 0.4) is 0 Å². The quantitative estimate of drug-likeness (QED) is 0.649. The Kier molecular flexibility index (Phi) is 5.23. The number of halogens is 2. The highest BCUT2D eigenvalue weighted by Gasteiger charge is 2.17. The first-order valence-corrected chi connectivity index (χ1v) is 8.87. The molecule has 0 spiro atoms. The van der Waals surface area contributed by atoms with Crippen LogP contribution in [0.2, 0.25) is 10.0 Å². The number of nitrogens with one attached hydrogen (secondary N) is 1. The van der Waals surface area contributed by atoms with E-state index in [0.29, 0.717) is 16.7 Å². The number of aryl methyl sites for hydroxylation is 2. The monoisotopic (exact) mass is 377 g/mol. The van der Waals surface area contributed by atoms with Crippen LogP contribution in [0, 0.1) is 13.8 Å². The Labute approximate surface area is 157 Å². The molecule has 3 rings (SSSR count). The Morgan fingerprint density at radius 3 is 2.64 bits per heavy atom. The largest absolute Gasteiger partial charge is 0.383 e. The number of fused-ring (bicyclic) bond motifs is 1. The smallest absolute Gasteiger partial charge is 0.0888 e. The minimum Gasteiger partial charge on any atom is -0.383 e. The zero-order valence-electron chi connectivity index (χ0n) is 14.7. The van der Waals surface area contributed by atoms with E-state index in [1.807, 2.05) is 29.6 Å². The number of anilines is 1. The average Bonchev–Trinajstić information content (AvgIpc) is 2.84. The topological polar surface area (TPSA) is 38.6 Å². The van der Waals surface area contributed by atoms with E-state index in [0.717, 1.165) is 33.7 Å². The molecule has 0 fully saturated rings. The number of ether oxygens (including phenoxy) is 1. The van der Waals surface area contributed by atoms with Gasteiger partial charge >= 0.3 is 0 Å². The number of hydrogen-bond acceptors (Lipinski definition) is 3. The van der Waals surface area contributed by atoms with Crippen molar-refractivity contribution in [1.29, 1.82) is 0 Å². The third-order valence-electron chi connectivity index (χ3n) is 4.06. The van der Waals surface area contributed by atoms with Crippen molar-refractivity contribution >= 4 is 34.4 Å². The number of hydrogen-bond donors (Lipinski definition) is 1. The summed E-state index contributed by atoms with van der Waals surface area (Å²) in [6, 6.07) is 9.89. The highest BCUT2D eigenvalue weighted by atomic mass is 35.5. The van der Waals surface area contributed by atoms with Crippen molar-refractivity contribution in [2.45, 2.75) is 26.8 Å². The second kappa shape index (κ2) is 7.24. The highest BCUT2D eigenvalue weighted by Crippen LogP contribution is 2.35. The molecule has 3 aromatic rings. The number of benzene rings is 1. The fourth-order valence-electron chi connectivity index (χ4n) is 3.07. The van der Waals surface area contributed by atoms with E-state index in [1.165, 1.54) is 0 Å². The van der Waals surface area contributed by atoms with Crippen LogP contribution in [0.1, 0.15) is 18.2 Å². The third kappa shape index (κ3) is 3.61. The van der Waals surface area contributed by atoms with Gasteiger partial charge in [0, 0.05) is 23.7 Å². The molecular weight excluding hydrogens is 357 g/mol. The van der Waals surface area contributed by atoms with Crippen molar-refractivity contribution in [3.05, 3.63) is 51.6 Å². The summed E-state index contributed by atoms with van der Waals surface area (Å²) in [7, 11) is 1.70. The van der Waals surface area contributed by atoms with Gasteiger partial charge in [-0.2, -0.15) is 5.10 Å². The average molecular weight is 378 g/mol. The number of rotatable bonds is 5. The summed E-state index contributed by atoms with van der Waals surface area (Å²) in [5.41, 5.74) is 5.94. The van der Waals surface area contributed by atoms with Gasteiger partial charge in [-0.1, -0.05) is 23.2 Å². The van der Waals surface area contributed by atoms with E-state index in [4.69, 9.17) is 33.0 Å². The molecule has 2 aromatic heterocycles. The van der Waals surface area contributed by atoms with Crippen molar-refractivity contribution < 1.29 is 4.74 Å². The molecule has 1 unspecified atom stereocenters. The molecule has 0 saturated heterocycles. The standard InChI is InChI=1S/C19H21Cl2N3O/c1-11-7-18-17(22-13(3)10-25-4)8-12(2)23-24(18)19(11)15-6-5-14(20)9-16(15)21/h5-9,13,22H,10H2,1-4H3. The predicted molar refractivity (Wildman–Crippen MR) is 105 cm³/mol. The molecule has 0 aliphatic heterocycles. The third-order valence-corrected chi connectivity index (χ3v) is 4.61. The van der Waals surface area contributed by atoms with E-state index >= 15 is 0 Å². The zero-order chi connectivity index (χ0) is 18.1. The molecule has 132 valence electrons. The van der Waals surface area contributed by atoms with Crippen LogP contribution in [-0.4, -0.2) is 29.4 Å².